The lowest BCUT2D eigenvalue weighted by Gasteiger charge is -2.34. The number of hydrogen-bond acceptors (Lipinski definition) is 4. The molecule has 0 atom stereocenters. The van der Waals surface area contributed by atoms with Crippen LogP contribution in [0.5, 0.6) is 5.75 Å². The monoisotopic (exact) mass is 373 g/mol. The number of ether oxygens (including phenoxy) is 1. The Bertz CT molecular complexity index is 856. The van der Waals surface area contributed by atoms with Crippen LogP contribution in [0.3, 0.4) is 0 Å². The van der Waals surface area contributed by atoms with Crippen LogP contribution in [0.1, 0.15) is 12.0 Å². The number of carbonyl (C=O) groups is 2. The fraction of sp³-hybridized carbons (Fsp3) is 0.263. The first-order valence-corrected chi connectivity index (χ1v) is 8.35. The molecule has 0 saturated carbocycles. The van der Waals surface area contributed by atoms with Crippen molar-refractivity contribution in [2.45, 2.75) is 12.8 Å². The van der Waals surface area contributed by atoms with Crippen molar-refractivity contribution in [3.8, 4) is 5.75 Å². The quantitative estimate of drug-likeness (QED) is 0.820. The minimum absolute atomic E-state index is 0. The molecule has 0 aliphatic carbocycles. The van der Waals surface area contributed by atoms with Gasteiger partial charge in [0.2, 0.25) is 5.91 Å². The highest BCUT2D eigenvalue weighted by Gasteiger charge is 2.30. The van der Waals surface area contributed by atoms with Crippen LogP contribution in [-0.4, -0.2) is 31.5 Å². The third-order valence-electron chi connectivity index (χ3n) is 4.69. The molecule has 2 N–H and O–H groups in total. The third kappa shape index (κ3) is 3.08. The molecule has 2 amide bonds. The second kappa shape index (κ2) is 7.25. The molecule has 0 unspecified atom stereocenters. The van der Waals surface area contributed by atoms with Gasteiger partial charge in [-0.3, -0.25) is 14.5 Å². The predicted molar refractivity (Wildman–Crippen MR) is 103 cm³/mol. The maximum atomic E-state index is 12.9. The Morgan fingerprint density at radius 1 is 1.12 bits per heavy atom. The maximum Gasteiger partial charge on any atom is 0.265 e. The van der Waals surface area contributed by atoms with Crippen LogP contribution in [-0.2, 0) is 16.0 Å². The Labute approximate surface area is 157 Å². The number of halogens is 1. The van der Waals surface area contributed by atoms with Gasteiger partial charge < -0.3 is 15.4 Å². The summed E-state index contributed by atoms with van der Waals surface area (Å²) in [6.45, 7) is 0.580. The topological polar surface area (TPSA) is 75.9 Å². The Kier molecular flexibility index (Phi) is 5.04. The van der Waals surface area contributed by atoms with Crippen molar-refractivity contribution in [3.05, 3.63) is 48.0 Å². The van der Waals surface area contributed by atoms with Crippen LogP contribution in [0.25, 0.3) is 0 Å². The summed E-state index contributed by atoms with van der Waals surface area (Å²) in [5, 5.41) is 0. The molecule has 7 heteroatoms. The second-order valence-electron chi connectivity index (χ2n) is 6.23. The number of anilines is 3. The highest BCUT2D eigenvalue weighted by atomic mass is 35.5. The first-order valence-electron chi connectivity index (χ1n) is 8.35. The average molecular weight is 374 g/mol. The number of amides is 2. The third-order valence-corrected chi connectivity index (χ3v) is 4.69. The van der Waals surface area contributed by atoms with E-state index in [4.69, 9.17) is 10.5 Å². The second-order valence-corrected chi connectivity index (χ2v) is 6.23. The number of fused-ring (bicyclic) bond motifs is 2. The van der Waals surface area contributed by atoms with Gasteiger partial charge in [-0.1, -0.05) is 18.2 Å². The molecule has 2 heterocycles. The summed E-state index contributed by atoms with van der Waals surface area (Å²) in [6.07, 6.45) is 1.73. The van der Waals surface area contributed by atoms with Gasteiger partial charge in [0, 0.05) is 17.9 Å². The standard InChI is InChI=1S/C19H19N3O3.ClH/c20-14-6-3-8-15-13(14)5-4-10-21(15)18(23)11-22-16-7-1-2-9-17(16)25-12-19(22)24;/h1-3,6-9H,4-5,10-12,20H2;1H. The number of benzene rings is 2. The van der Waals surface area contributed by atoms with Gasteiger partial charge in [0.1, 0.15) is 12.3 Å². The predicted octanol–water partition coefficient (Wildman–Crippen LogP) is 2.40. The molecule has 4 rings (SSSR count). The van der Waals surface area contributed by atoms with Crippen LogP contribution >= 0.6 is 12.4 Å². The van der Waals surface area contributed by atoms with E-state index in [1.165, 1.54) is 4.90 Å². The van der Waals surface area contributed by atoms with E-state index in [2.05, 4.69) is 0 Å². The lowest BCUT2D eigenvalue weighted by atomic mass is 10.00. The van der Waals surface area contributed by atoms with E-state index in [0.717, 1.165) is 24.1 Å². The SMILES string of the molecule is Cl.Nc1cccc2c1CCCN2C(=O)CN1C(=O)COc2ccccc21. The Morgan fingerprint density at radius 2 is 1.88 bits per heavy atom. The highest BCUT2D eigenvalue weighted by Crippen LogP contribution is 2.33. The number of nitrogens with zero attached hydrogens (tertiary/aromatic N) is 2. The number of carbonyl (C=O) groups excluding carboxylic acids is 2. The molecule has 0 aromatic heterocycles. The van der Waals surface area contributed by atoms with Gasteiger partial charge in [-0.05, 0) is 42.7 Å². The number of rotatable bonds is 2. The lowest BCUT2D eigenvalue weighted by Crippen LogP contribution is -2.47. The number of nitrogen functional groups attached to an aromatic ring is 1. The molecule has 2 aromatic carbocycles. The largest absolute Gasteiger partial charge is 0.482 e. The van der Waals surface area contributed by atoms with E-state index in [1.54, 1.807) is 17.0 Å². The van der Waals surface area contributed by atoms with Crippen molar-refractivity contribution in [2.24, 2.45) is 0 Å². The summed E-state index contributed by atoms with van der Waals surface area (Å²) >= 11 is 0. The molecule has 136 valence electrons. The maximum absolute atomic E-state index is 12.9. The average Bonchev–Trinajstić information content (AvgIpc) is 2.64. The van der Waals surface area contributed by atoms with Crippen molar-refractivity contribution < 1.29 is 14.3 Å². The van der Waals surface area contributed by atoms with Gasteiger partial charge in [0.05, 0.1) is 5.69 Å². The Hall–Kier alpha value is -2.73. The van der Waals surface area contributed by atoms with Crippen molar-refractivity contribution in [1.29, 1.82) is 0 Å². The van der Waals surface area contributed by atoms with Crippen molar-refractivity contribution in [2.75, 3.05) is 35.2 Å². The zero-order valence-corrected chi connectivity index (χ0v) is 15.0. The summed E-state index contributed by atoms with van der Waals surface area (Å²) in [6, 6.07) is 12.9. The minimum atomic E-state index is -0.211. The van der Waals surface area contributed by atoms with Crippen LogP contribution in [0.2, 0.25) is 0 Å². The molecule has 0 bridgehead atoms. The fourth-order valence-electron chi connectivity index (χ4n) is 3.46. The van der Waals surface area contributed by atoms with Crippen LogP contribution in [0, 0.1) is 0 Å². The fourth-order valence-corrected chi connectivity index (χ4v) is 3.46. The zero-order chi connectivity index (χ0) is 17.4. The molecule has 0 spiro atoms. The first-order chi connectivity index (χ1) is 12.1. The molecule has 2 aliphatic heterocycles. The van der Waals surface area contributed by atoms with Crippen LogP contribution < -0.4 is 20.3 Å². The summed E-state index contributed by atoms with van der Waals surface area (Å²) in [5.74, 6) is 0.298. The summed E-state index contributed by atoms with van der Waals surface area (Å²) in [7, 11) is 0. The van der Waals surface area contributed by atoms with E-state index in [9.17, 15) is 9.59 Å². The summed E-state index contributed by atoms with van der Waals surface area (Å²) < 4.78 is 5.43. The molecule has 0 radical (unpaired) electrons. The van der Waals surface area contributed by atoms with E-state index in [1.807, 2.05) is 30.3 Å². The van der Waals surface area contributed by atoms with Crippen molar-refractivity contribution in [1.82, 2.24) is 0 Å². The molecular weight excluding hydrogens is 354 g/mol. The Morgan fingerprint density at radius 3 is 2.73 bits per heavy atom. The molecule has 0 fully saturated rings. The van der Waals surface area contributed by atoms with Crippen molar-refractivity contribution in [3.63, 3.8) is 0 Å². The van der Waals surface area contributed by atoms with Crippen LogP contribution in [0.4, 0.5) is 17.1 Å². The van der Waals surface area contributed by atoms with E-state index < -0.39 is 0 Å². The molecule has 0 saturated heterocycles. The van der Waals surface area contributed by atoms with Gasteiger partial charge in [0.15, 0.2) is 6.61 Å². The number of nitrogens with two attached hydrogens (primary N) is 1. The number of para-hydroxylation sites is 2. The van der Waals surface area contributed by atoms with E-state index >= 15 is 0 Å². The first kappa shape index (κ1) is 18.1. The summed E-state index contributed by atoms with van der Waals surface area (Å²) in [5.41, 5.74) is 9.26. The molecule has 26 heavy (non-hydrogen) atoms. The number of hydrogen-bond donors (Lipinski definition) is 1. The molecule has 2 aromatic rings. The van der Waals surface area contributed by atoms with Gasteiger partial charge in [-0.25, -0.2) is 0 Å². The van der Waals surface area contributed by atoms with Crippen molar-refractivity contribution >= 4 is 41.3 Å². The van der Waals surface area contributed by atoms with Gasteiger partial charge in [-0.2, -0.15) is 0 Å². The normalized spacial score (nSPS) is 15.5. The van der Waals surface area contributed by atoms with Crippen LogP contribution in [0.15, 0.2) is 42.5 Å². The Balaban J connectivity index is 0.00000196. The zero-order valence-electron chi connectivity index (χ0n) is 14.2. The molecular formula is C19H20ClN3O3. The molecule has 6 nitrogen and oxygen atoms in total. The molecule has 2 aliphatic rings. The van der Waals surface area contributed by atoms with Gasteiger partial charge >= 0.3 is 0 Å². The van der Waals surface area contributed by atoms with Gasteiger partial charge in [-0.15, -0.1) is 12.4 Å². The van der Waals surface area contributed by atoms with E-state index in [-0.39, 0.29) is 37.4 Å². The lowest BCUT2D eigenvalue weighted by molar-refractivity contribution is -0.124. The highest BCUT2D eigenvalue weighted by molar-refractivity contribution is 6.06. The smallest absolute Gasteiger partial charge is 0.265 e. The van der Waals surface area contributed by atoms with Gasteiger partial charge in [0.25, 0.3) is 5.91 Å². The minimum Gasteiger partial charge on any atom is -0.482 e. The summed E-state index contributed by atoms with van der Waals surface area (Å²) in [4.78, 5) is 28.5. The van der Waals surface area contributed by atoms with E-state index in [0.29, 0.717) is 23.7 Å².